The van der Waals surface area contributed by atoms with Gasteiger partial charge >= 0.3 is 0 Å². The third-order valence-corrected chi connectivity index (χ3v) is 2.02. The second-order valence-electron chi connectivity index (χ2n) is 2.95. The molecule has 0 saturated heterocycles. The molecule has 70 valence electrons. The monoisotopic (exact) mass is 197 g/mol. The van der Waals surface area contributed by atoms with Gasteiger partial charge in [-0.3, -0.25) is 4.79 Å². The molecule has 1 aromatic carbocycles. The van der Waals surface area contributed by atoms with Crippen LogP contribution in [0.2, 0.25) is 0 Å². The molecule has 0 saturated carbocycles. The number of halogens is 1. The van der Waals surface area contributed by atoms with Crippen LogP contribution in [0.15, 0.2) is 18.2 Å². The summed E-state index contributed by atoms with van der Waals surface area (Å²) < 4.78 is 0. The molecule has 13 heavy (non-hydrogen) atoms. The van der Waals surface area contributed by atoms with Gasteiger partial charge in [-0.15, -0.1) is 11.6 Å². The van der Waals surface area contributed by atoms with E-state index in [4.69, 9.17) is 17.3 Å². The fourth-order valence-corrected chi connectivity index (χ4v) is 1.30. The van der Waals surface area contributed by atoms with E-state index in [0.29, 0.717) is 23.6 Å². The second kappa shape index (κ2) is 4.28. The molecule has 3 heteroatoms. The summed E-state index contributed by atoms with van der Waals surface area (Å²) in [7, 11) is 0. The predicted octanol–water partition coefficient (Wildman–Crippen LogP) is 2.39. The van der Waals surface area contributed by atoms with Crippen LogP contribution in [0.3, 0.4) is 0 Å². The fourth-order valence-electron chi connectivity index (χ4n) is 1.13. The summed E-state index contributed by atoms with van der Waals surface area (Å²) in [4.78, 5) is 11.5. The van der Waals surface area contributed by atoms with E-state index in [1.54, 1.807) is 12.1 Å². The van der Waals surface area contributed by atoms with E-state index in [1.807, 2.05) is 13.0 Å². The number of nitrogens with two attached hydrogens (primary N) is 1. The number of nitrogen functional groups attached to an aromatic ring is 1. The third-order valence-electron chi connectivity index (χ3n) is 1.83. The van der Waals surface area contributed by atoms with Gasteiger partial charge in [0.15, 0.2) is 5.78 Å². The maximum absolute atomic E-state index is 11.5. The Bertz CT molecular complexity index is 323. The molecule has 0 bridgehead atoms. The number of carbonyl (C=O) groups is 1. The average molecular weight is 198 g/mol. The van der Waals surface area contributed by atoms with Gasteiger partial charge < -0.3 is 5.73 Å². The summed E-state index contributed by atoms with van der Waals surface area (Å²) >= 11 is 5.48. The van der Waals surface area contributed by atoms with Crippen LogP contribution in [-0.4, -0.2) is 11.7 Å². The number of hydrogen-bond acceptors (Lipinski definition) is 2. The van der Waals surface area contributed by atoms with Crippen molar-refractivity contribution >= 4 is 23.1 Å². The lowest BCUT2D eigenvalue weighted by molar-refractivity contribution is 0.0990. The highest BCUT2D eigenvalue weighted by atomic mass is 35.5. The lowest BCUT2D eigenvalue weighted by atomic mass is 10.0. The molecule has 0 heterocycles. The lowest BCUT2D eigenvalue weighted by Gasteiger charge is -2.04. The van der Waals surface area contributed by atoms with Crippen LogP contribution in [0.1, 0.15) is 22.3 Å². The first-order valence-electron chi connectivity index (χ1n) is 4.10. The standard InChI is InChI=1S/C10H12ClNO/c1-7-2-3-9(12)8(6-7)10(13)4-5-11/h2-3,6H,4-5,12H2,1H3. The second-order valence-corrected chi connectivity index (χ2v) is 3.33. The van der Waals surface area contributed by atoms with Crippen LogP contribution in [0.25, 0.3) is 0 Å². The van der Waals surface area contributed by atoms with E-state index in [0.717, 1.165) is 5.56 Å². The van der Waals surface area contributed by atoms with Crippen LogP contribution in [0, 0.1) is 6.92 Å². The van der Waals surface area contributed by atoms with Crippen molar-refractivity contribution in [1.82, 2.24) is 0 Å². The number of carbonyl (C=O) groups excluding carboxylic acids is 1. The van der Waals surface area contributed by atoms with Crippen LogP contribution < -0.4 is 5.73 Å². The predicted molar refractivity (Wildman–Crippen MR) is 55.3 cm³/mol. The van der Waals surface area contributed by atoms with Gasteiger partial charge in [0.25, 0.3) is 0 Å². The molecule has 0 aromatic heterocycles. The fraction of sp³-hybridized carbons (Fsp3) is 0.300. The zero-order valence-electron chi connectivity index (χ0n) is 7.51. The van der Waals surface area contributed by atoms with Crippen LogP contribution >= 0.6 is 11.6 Å². The Morgan fingerprint density at radius 3 is 2.85 bits per heavy atom. The molecule has 1 rings (SSSR count). The highest BCUT2D eigenvalue weighted by Gasteiger charge is 2.08. The summed E-state index contributed by atoms with van der Waals surface area (Å²) in [6, 6.07) is 5.42. The molecule has 1 aromatic rings. The Kier molecular flexibility index (Phi) is 3.32. The summed E-state index contributed by atoms with van der Waals surface area (Å²) in [5.41, 5.74) is 7.80. The van der Waals surface area contributed by atoms with Crippen LogP contribution in [0.5, 0.6) is 0 Å². The minimum Gasteiger partial charge on any atom is -0.398 e. The van der Waals surface area contributed by atoms with Gasteiger partial charge in [0.05, 0.1) is 0 Å². The number of aryl methyl sites for hydroxylation is 1. The first-order chi connectivity index (χ1) is 6.15. The molecule has 0 spiro atoms. The normalized spacial score (nSPS) is 10.0. The molecule has 0 aliphatic heterocycles. The van der Waals surface area contributed by atoms with Crippen molar-refractivity contribution in [3.8, 4) is 0 Å². The van der Waals surface area contributed by atoms with Gasteiger partial charge in [0, 0.05) is 23.6 Å². The molecular formula is C10H12ClNO. The molecule has 0 unspecified atom stereocenters. The number of rotatable bonds is 3. The number of alkyl halides is 1. The van der Waals surface area contributed by atoms with E-state index in [2.05, 4.69) is 0 Å². The first kappa shape index (κ1) is 10.1. The van der Waals surface area contributed by atoms with Crippen molar-refractivity contribution in [2.75, 3.05) is 11.6 Å². The summed E-state index contributed by atoms with van der Waals surface area (Å²) in [6.07, 6.45) is 0.342. The third kappa shape index (κ3) is 2.46. The molecule has 0 amide bonds. The number of Topliss-reactive ketones (excluding diaryl/α,β-unsaturated/α-hetero) is 1. The zero-order chi connectivity index (χ0) is 9.84. The van der Waals surface area contributed by atoms with E-state index >= 15 is 0 Å². The Hall–Kier alpha value is -1.02. The molecule has 2 nitrogen and oxygen atoms in total. The summed E-state index contributed by atoms with van der Waals surface area (Å²) in [6.45, 7) is 1.93. The molecule has 0 atom stereocenters. The van der Waals surface area contributed by atoms with Gasteiger partial charge in [-0.05, 0) is 19.1 Å². The lowest BCUT2D eigenvalue weighted by Crippen LogP contribution is -2.04. The average Bonchev–Trinajstić information content (AvgIpc) is 2.09. The smallest absolute Gasteiger partial charge is 0.166 e. The van der Waals surface area contributed by atoms with Crippen molar-refractivity contribution in [3.05, 3.63) is 29.3 Å². The van der Waals surface area contributed by atoms with Crippen molar-refractivity contribution in [2.24, 2.45) is 0 Å². The van der Waals surface area contributed by atoms with Crippen molar-refractivity contribution < 1.29 is 4.79 Å². The molecule has 0 aliphatic carbocycles. The van der Waals surface area contributed by atoms with E-state index in [9.17, 15) is 4.79 Å². The maximum atomic E-state index is 11.5. The van der Waals surface area contributed by atoms with Gasteiger partial charge in [0.1, 0.15) is 0 Å². The van der Waals surface area contributed by atoms with E-state index in [1.165, 1.54) is 0 Å². The van der Waals surface area contributed by atoms with Crippen molar-refractivity contribution in [3.63, 3.8) is 0 Å². The van der Waals surface area contributed by atoms with Crippen LogP contribution in [0.4, 0.5) is 5.69 Å². The summed E-state index contributed by atoms with van der Waals surface area (Å²) in [5.74, 6) is 0.350. The Labute approximate surface area is 82.7 Å². The molecule has 0 radical (unpaired) electrons. The van der Waals surface area contributed by atoms with Crippen molar-refractivity contribution in [1.29, 1.82) is 0 Å². The number of hydrogen-bond donors (Lipinski definition) is 1. The number of benzene rings is 1. The number of ketones is 1. The number of anilines is 1. The SMILES string of the molecule is Cc1ccc(N)c(C(=O)CCCl)c1. The van der Waals surface area contributed by atoms with Gasteiger partial charge in [-0.1, -0.05) is 11.6 Å². The largest absolute Gasteiger partial charge is 0.398 e. The topological polar surface area (TPSA) is 43.1 Å². The molecule has 0 aliphatic rings. The van der Waals surface area contributed by atoms with E-state index < -0.39 is 0 Å². The minimum absolute atomic E-state index is 0.0104. The Morgan fingerprint density at radius 2 is 2.23 bits per heavy atom. The first-order valence-corrected chi connectivity index (χ1v) is 4.64. The van der Waals surface area contributed by atoms with Gasteiger partial charge in [-0.2, -0.15) is 0 Å². The van der Waals surface area contributed by atoms with Gasteiger partial charge in [-0.25, -0.2) is 0 Å². The van der Waals surface area contributed by atoms with Crippen LogP contribution in [-0.2, 0) is 0 Å². The van der Waals surface area contributed by atoms with Crippen molar-refractivity contribution in [2.45, 2.75) is 13.3 Å². The quantitative estimate of drug-likeness (QED) is 0.459. The molecule has 0 fully saturated rings. The summed E-state index contributed by atoms with van der Waals surface area (Å²) in [5, 5.41) is 0. The maximum Gasteiger partial charge on any atom is 0.166 e. The van der Waals surface area contributed by atoms with Gasteiger partial charge in [0.2, 0.25) is 0 Å². The zero-order valence-corrected chi connectivity index (χ0v) is 8.27. The Morgan fingerprint density at radius 1 is 1.54 bits per heavy atom. The highest BCUT2D eigenvalue weighted by Crippen LogP contribution is 2.15. The minimum atomic E-state index is 0.0104. The van der Waals surface area contributed by atoms with E-state index in [-0.39, 0.29) is 5.78 Å². The Balaban J connectivity index is 2.99. The molecular weight excluding hydrogens is 186 g/mol. The highest BCUT2D eigenvalue weighted by molar-refractivity contribution is 6.19. The molecule has 2 N–H and O–H groups in total.